The Morgan fingerprint density at radius 3 is 1.79 bits per heavy atom. The van der Waals surface area contributed by atoms with Crippen LogP contribution in [-0.2, 0) is 17.4 Å². The summed E-state index contributed by atoms with van der Waals surface area (Å²) in [6, 6.07) is 10.5. The van der Waals surface area contributed by atoms with Gasteiger partial charge in [0.1, 0.15) is 5.75 Å². The molecule has 0 aliphatic carbocycles. The minimum absolute atomic E-state index is 0.0506. The van der Waals surface area contributed by atoms with Crippen LogP contribution in [0.1, 0.15) is 68.0 Å². The zero-order valence-electron chi connectivity index (χ0n) is 16.0. The second-order valence-corrected chi connectivity index (χ2v) is 8.44. The van der Waals surface area contributed by atoms with Crippen LogP contribution in [-0.4, -0.2) is 10.2 Å². The van der Waals surface area contributed by atoms with Crippen molar-refractivity contribution in [3.63, 3.8) is 0 Å². The Labute approximate surface area is 146 Å². The van der Waals surface area contributed by atoms with E-state index in [4.69, 9.17) is 0 Å². The van der Waals surface area contributed by atoms with Crippen molar-refractivity contribution in [2.24, 2.45) is 0 Å². The highest BCUT2D eigenvalue weighted by molar-refractivity contribution is 5.53. The van der Waals surface area contributed by atoms with Gasteiger partial charge in [-0.3, -0.25) is 0 Å². The van der Waals surface area contributed by atoms with Crippen molar-refractivity contribution in [3.8, 4) is 5.75 Å². The number of rotatable bonds is 3. The molecule has 2 heteroatoms. The van der Waals surface area contributed by atoms with Crippen LogP contribution in [0.5, 0.6) is 5.75 Å². The Morgan fingerprint density at radius 1 is 0.792 bits per heavy atom. The molecule has 0 saturated carbocycles. The number of aromatic hydroxyl groups is 1. The summed E-state index contributed by atoms with van der Waals surface area (Å²) >= 11 is 0. The maximum absolute atomic E-state index is 10.8. The maximum Gasteiger partial charge on any atom is 0.125 e. The van der Waals surface area contributed by atoms with Crippen LogP contribution in [0.4, 0.5) is 0 Å². The van der Waals surface area contributed by atoms with E-state index in [0.29, 0.717) is 5.56 Å². The molecule has 0 spiro atoms. The van der Waals surface area contributed by atoms with Crippen LogP contribution in [0.3, 0.4) is 0 Å². The molecule has 0 radical (unpaired) electrons. The second-order valence-electron chi connectivity index (χ2n) is 8.44. The summed E-state index contributed by atoms with van der Waals surface area (Å²) in [5, 5.41) is 20.5. The fourth-order valence-electron chi connectivity index (χ4n) is 3.22. The smallest absolute Gasteiger partial charge is 0.125 e. The molecule has 0 aliphatic rings. The average molecular weight is 326 g/mol. The lowest BCUT2D eigenvalue weighted by Gasteiger charge is -2.31. The summed E-state index contributed by atoms with van der Waals surface area (Å²) in [5.74, 6) is 0.203. The van der Waals surface area contributed by atoms with Crippen molar-refractivity contribution in [3.05, 3.63) is 63.7 Å². The van der Waals surface area contributed by atoms with E-state index in [2.05, 4.69) is 72.7 Å². The van der Waals surface area contributed by atoms with Gasteiger partial charge in [-0.1, -0.05) is 70.0 Å². The molecule has 2 aromatic carbocycles. The lowest BCUT2D eigenvalue weighted by atomic mass is 9.73. The maximum atomic E-state index is 10.8. The van der Waals surface area contributed by atoms with Gasteiger partial charge in [-0.2, -0.15) is 0 Å². The fraction of sp³-hybridized carbons (Fsp3) is 0.455. The van der Waals surface area contributed by atoms with Crippen molar-refractivity contribution < 1.29 is 10.2 Å². The summed E-state index contributed by atoms with van der Waals surface area (Å²) in [5.41, 5.74) is 5.77. The van der Waals surface area contributed by atoms with Crippen molar-refractivity contribution in [2.45, 2.75) is 65.9 Å². The van der Waals surface area contributed by atoms with E-state index in [1.165, 1.54) is 16.7 Å². The highest BCUT2D eigenvalue weighted by Gasteiger charge is 2.30. The molecule has 2 N–H and O–H groups in total. The fourth-order valence-corrected chi connectivity index (χ4v) is 3.22. The lowest BCUT2D eigenvalue weighted by Crippen LogP contribution is -2.22. The SMILES string of the molecule is Cc1cc(C)cc(C(C)(C)c2cc(C(C)(C)C)cc(CO)c2O)c1. The largest absolute Gasteiger partial charge is 0.507 e. The monoisotopic (exact) mass is 326 g/mol. The standard InChI is InChI=1S/C22H30O2/c1-14-8-15(2)10-18(9-14)22(6,7)19-12-17(21(3,4)5)11-16(13-23)20(19)24/h8-12,23-24H,13H2,1-7H3. The van der Waals surface area contributed by atoms with Crippen LogP contribution in [0.2, 0.25) is 0 Å². The third kappa shape index (κ3) is 3.49. The summed E-state index contributed by atoms with van der Waals surface area (Å²) in [6.07, 6.45) is 0. The highest BCUT2D eigenvalue weighted by atomic mass is 16.3. The van der Waals surface area contributed by atoms with Gasteiger partial charge in [0.05, 0.1) is 6.61 Å². The minimum Gasteiger partial charge on any atom is -0.507 e. The van der Waals surface area contributed by atoms with Gasteiger partial charge in [0.25, 0.3) is 0 Å². The van der Waals surface area contributed by atoms with Gasteiger partial charge in [-0.25, -0.2) is 0 Å². The van der Waals surface area contributed by atoms with E-state index in [0.717, 1.165) is 11.1 Å². The molecule has 0 unspecified atom stereocenters. The molecule has 24 heavy (non-hydrogen) atoms. The van der Waals surface area contributed by atoms with Gasteiger partial charge in [0.15, 0.2) is 0 Å². The molecule has 2 aromatic rings. The number of aliphatic hydroxyl groups is 1. The molecule has 0 saturated heterocycles. The van der Waals surface area contributed by atoms with Gasteiger partial charge < -0.3 is 10.2 Å². The van der Waals surface area contributed by atoms with Crippen LogP contribution < -0.4 is 0 Å². The van der Waals surface area contributed by atoms with Crippen LogP contribution in [0.15, 0.2) is 30.3 Å². The third-order valence-electron chi connectivity index (χ3n) is 4.84. The first-order valence-electron chi connectivity index (χ1n) is 8.53. The lowest BCUT2D eigenvalue weighted by molar-refractivity contribution is 0.274. The number of aliphatic hydroxyl groups excluding tert-OH is 1. The van der Waals surface area contributed by atoms with Crippen molar-refractivity contribution in [2.75, 3.05) is 0 Å². The van der Waals surface area contributed by atoms with Crippen LogP contribution in [0, 0.1) is 13.8 Å². The number of benzene rings is 2. The van der Waals surface area contributed by atoms with Crippen molar-refractivity contribution in [1.82, 2.24) is 0 Å². The number of hydrogen-bond donors (Lipinski definition) is 2. The van der Waals surface area contributed by atoms with Gasteiger partial charge in [0, 0.05) is 16.5 Å². The van der Waals surface area contributed by atoms with Crippen LogP contribution >= 0.6 is 0 Å². The van der Waals surface area contributed by atoms with E-state index >= 15 is 0 Å². The van der Waals surface area contributed by atoms with Gasteiger partial charge in [-0.15, -0.1) is 0 Å². The molecule has 0 amide bonds. The summed E-state index contributed by atoms with van der Waals surface area (Å²) in [7, 11) is 0. The Morgan fingerprint density at radius 2 is 1.33 bits per heavy atom. The van der Waals surface area contributed by atoms with Crippen molar-refractivity contribution >= 4 is 0 Å². The van der Waals surface area contributed by atoms with E-state index in [9.17, 15) is 10.2 Å². The normalized spacial score (nSPS) is 12.5. The Hall–Kier alpha value is -1.80. The molecule has 0 heterocycles. The molecule has 0 aliphatic heterocycles. The molecule has 130 valence electrons. The molecule has 0 bridgehead atoms. The summed E-state index contributed by atoms with van der Waals surface area (Å²) in [4.78, 5) is 0. The predicted molar refractivity (Wildman–Crippen MR) is 101 cm³/mol. The van der Waals surface area contributed by atoms with E-state index in [1.54, 1.807) is 0 Å². The molecular weight excluding hydrogens is 296 g/mol. The molecular formula is C22H30O2. The number of aryl methyl sites for hydroxylation is 2. The summed E-state index contributed by atoms with van der Waals surface area (Å²) in [6.45, 7) is 14.7. The first-order chi connectivity index (χ1) is 11.0. The number of hydrogen-bond acceptors (Lipinski definition) is 2. The van der Waals surface area contributed by atoms with Gasteiger partial charge in [0.2, 0.25) is 0 Å². The zero-order valence-corrected chi connectivity index (χ0v) is 16.0. The highest BCUT2D eigenvalue weighted by Crippen LogP contribution is 2.41. The van der Waals surface area contributed by atoms with Gasteiger partial charge in [-0.05, 0) is 36.5 Å². The molecule has 0 aromatic heterocycles. The Kier molecular flexibility index (Phi) is 4.83. The van der Waals surface area contributed by atoms with E-state index in [-0.39, 0.29) is 23.2 Å². The molecule has 2 rings (SSSR count). The predicted octanol–water partition coefficient (Wildman–Crippen LogP) is 5.12. The minimum atomic E-state index is -0.355. The van der Waals surface area contributed by atoms with E-state index in [1.807, 2.05) is 6.07 Å². The Bertz CT molecular complexity index is 729. The molecule has 2 nitrogen and oxygen atoms in total. The zero-order chi connectivity index (χ0) is 18.3. The van der Waals surface area contributed by atoms with Crippen LogP contribution in [0.25, 0.3) is 0 Å². The molecule has 0 atom stereocenters. The topological polar surface area (TPSA) is 40.5 Å². The Balaban J connectivity index is 2.73. The van der Waals surface area contributed by atoms with Gasteiger partial charge >= 0.3 is 0 Å². The van der Waals surface area contributed by atoms with Crippen molar-refractivity contribution in [1.29, 1.82) is 0 Å². The first-order valence-corrected chi connectivity index (χ1v) is 8.53. The summed E-state index contributed by atoms with van der Waals surface area (Å²) < 4.78 is 0. The quantitative estimate of drug-likeness (QED) is 0.821. The molecule has 0 fully saturated rings. The average Bonchev–Trinajstić information content (AvgIpc) is 2.45. The van der Waals surface area contributed by atoms with E-state index < -0.39 is 0 Å². The first kappa shape index (κ1) is 18.5. The number of phenols is 1. The second kappa shape index (κ2) is 6.25. The third-order valence-corrected chi connectivity index (χ3v) is 4.84.